The van der Waals surface area contributed by atoms with Crippen molar-refractivity contribution in [3.8, 4) is 11.5 Å². The molecule has 144 valence electrons. The maximum Gasteiger partial charge on any atom is 0.124 e. The third kappa shape index (κ3) is 8.34. The second-order valence-corrected chi connectivity index (χ2v) is 7.31. The molecule has 0 heterocycles. The number of para-hydroxylation sites is 1. The van der Waals surface area contributed by atoms with E-state index in [2.05, 4.69) is 40.9 Å². The highest BCUT2D eigenvalue weighted by Crippen LogP contribution is 2.27. The van der Waals surface area contributed by atoms with E-state index in [9.17, 15) is 5.11 Å². The number of nitrogens with zero attached hydrogens (tertiary/aromatic N) is 3. The maximum atomic E-state index is 10.4. The zero-order chi connectivity index (χ0) is 19.7. The van der Waals surface area contributed by atoms with Crippen molar-refractivity contribution in [1.29, 1.82) is 0 Å². The van der Waals surface area contributed by atoms with Gasteiger partial charge in [-0.3, -0.25) is 0 Å². The Bertz CT molecular complexity index is 625. The Morgan fingerprint density at radius 3 is 1.38 bits per heavy atom. The molecule has 0 aromatic heterocycles. The molecule has 2 aromatic carbocycles. The van der Waals surface area contributed by atoms with Crippen LogP contribution in [0.5, 0.6) is 11.5 Å². The van der Waals surface area contributed by atoms with Gasteiger partial charge in [0.2, 0.25) is 0 Å². The minimum Gasteiger partial charge on any atom is -0.508 e. The van der Waals surface area contributed by atoms with Crippen molar-refractivity contribution in [3.05, 3.63) is 59.2 Å². The summed E-state index contributed by atoms with van der Waals surface area (Å²) in [5, 5.41) is 19.0. The Hall–Kier alpha value is -2.08. The lowest BCUT2D eigenvalue weighted by Crippen LogP contribution is -2.16. The second kappa shape index (κ2) is 10.8. The molecule has 0 saturated carbocycles. The van der Waals surface area contributed by atoms with Gasteiger partial charge in [0.15, 0.2) is 0 Å². The van der Waals surface area contributed by atoms with E-state index in [0.717, 1.165) is 30.8 Å². The fourth-order valence-electron chi connectivity index (χ4n) is 2.64. The van der Waals surface area contributed by atoms with E-state index >= 15 is 0 Å². The van der Waals surface area contributed by atoms with Crippen LogP contribution in [0.25, 0.3) is 0 Å². The molecule has 0 spiro atoms. The molecule has 5 nitrogen and oxygen atoms in total. The topological polar surface area (TPSA) is 50.2 Å². The molecule has 0 bridgehead atoms. The van der Waals surface area contributed by atoms with Crippen LogP contribution in [0.15, 0.2) is 42.5 Å². The molecule has 0 saturated heterocycles. The summed E-state index contributed by atoms with van der Waals surface area (Å²) in [5.41, 5.74) is 3.25. The van der Waals surface area contributed by atoms with Crippen LogP contribution in [-0.2, 0) is 19.6 Å². The Balaban J connectivity index is 0.000000401. The lowest BCUT2D eigenvalue weighted by atomic mass is 10.0. The number of phenols is 2. The highest BCUT2D eigenvalue weighted by Gasteiger charge is 2.12. The maximum absolute atomic E-state index is 10.4. The van der Waals surface area contributed by atoms with E-state index in [1.807, 2.05) is 34.3 Å². The molecule has 0 atom stereocenters. The van der Waals surface area contributed by atoms with Crippen LogP contribution >= 0.6 is 0 Å². The van der Waals surface area contributed by atoms with Gasteiger partial charge in [-0.15, -0.1) is 0 Å². The quantitative estimate of drug-likeness (QED) is 0.830. The first-order valence-electron chi connectivity index (χ1n) is 8.71. The average Bonchev–Trinajstić information content (AvgIpc) is 2.51. The van der Waals surface area contributed by atoms with Gasteiger partial charge in [0.25, 0.3) is 0 Å². The zero-order valence-corrected chi connectivity index (χ0v) is 16.9. The third-order valence-electron chi connectivity index (χ3n) is 3.56. The van der Waals surface area contributed by atoms with E-state index in [1.165, 1.54) is 5.56 Å². The fourth-order valence-corrected chi connectivity index (χ4v) is 2.64. The summed E-state index contributed by atoms with van der Waals surface area (Å²) in [6.45, 7) is 2.40. The first kappa shape index (κ1) is 22.0. The standard InChI is InChI=1S/C15H27N3O.C6H6O/c1-16(2)9-12-7-13(10-17(3)4)15(19)14(8-12)11-18(5)6;7-6-4-2-1-3-5-6/h7-8,19H,9-11H2,1-6H3;1-5,7H. The first-order valence-corrected chi connectivity index (χ1v) is 8.71. The number of hydrogen-bond acceptors (Lipinski definition) is 5. The molecule has 0 aliphatic heterocycles. The van der Waals surface area contributed by atoms with Crippen molar-refractivity contribution < 1.29 is 10.2 Å². The summed E-state index contributed by atoms with van der Waals surface area (Å²) in [6.07, 6.45) is 0. The van der Waals surface area contributed by atoms with Crippen LogP contribution in [0.3, 0.4) is 0 Å². The molecule has 2 N–H and O–H groups in total. The molecule has 0 amide bonds. The van der Waals surface area contributed by atoms with Gasteiger partial charge in [0, 0.05) is 30.8 Å². The summed E-state index contributed by atoms with van der Waals surface area (Å²) >= 11 is 0. The molecule has 0 radical (unpaired) electrons. The number of phenolic OH excluding ortho intramolecular Hbond substituents is 2. The Labute approximate surface area is 158 Å². The van der Waals surface area contributed by atoms with Crippen LogP contribution < -0.4 is 0 Å². The SMILES string of the molecule is CN(C)Cc1cc(CN(C)C)c(O)c(CN(C)C)c1.Oc1ccccc1. The van der Waals surface area contributed by atoms with Crippen LogP contribution in [0.1, 0.15) is 16.7 Å². The molecular weight excluding hydrogens is 326 g/mol. The Morgan fingerprint density at radius 1 is 0.654 bits per heavy atom. The van der Waals surface area contributed by atoms with Gasteiger partial charge in [0.05, 0.1) is 0 Å². The first-order chi connectivity index (χ1) is 12.2. The lowest BCUT2D eigenvalue weighted by molar-refractivity contribution is 0.365. The van der Waals surface area contributed by atoms with Gasteiger partial charge in [-0.2, -0.15) is 0 Å². The highest BCUT2D eigenvalue weighted by atomic mass is 16.3. The van der Waals surface area contributed by atoms with Gasteiger partial charge < -0.3 is 24.9 Å². The van der Waals surface area contributed by atoms with Gasteiger partial charge in [-0.05, 0) is 72.1 Å². The normalized spacial score (nSPS) is 11.0. The molecule has 26 heavy (non-hydrogen) atoms. The van der Waals surface area contributed by atoms with Crippen LogP contribution in [0, 0.1) is 0 Å². The van der Waals surface area contributed by atoms with E-state index in [0.29, 0.717) is 11.5 Å². The molecule has 0 fully saturated rings. The van der Waals surface area contributed by atoms with E-state index in [-0.39, 0.29) is 0 Å². The van der Waals surface area contributed by atoms with Gasteiger partial charge in [-0.1, -0.05) is 18.2 Å². The highest BCUT2D eigenvalue weighted by molar-refractivity contribution is 5.44. The second-order valence-electron chi connectivity index (χ2n) is 7.31. The molecule has 0 aliphatic carbocycles. The molecular formula is C21H33N3O2. The Kier molecular flexibility index (Phi) is 9.13. The number of benzene rings is 2. The van der Waals surface area contributed by atoms with Gasteiger partial charge >= 0.3 is 0 Å². The molecule has 2 aromatic rings. The van der Waals surface area contributed by atoms with Gasteiger partial charge in [0.1, 0.15) is 11.5 Å². The summed E-state index contributed by atoms with van der Waals surface area (Å²) in [5.74, 6) is 0.757. The minimum absolute atomic E-state index is 0.322. The smallest absolute Gasteiger partial charge is 0.124 e. The third-order valence-corrected chi connectivity index (χ3v) is 3.56. The Morgan fingerprint density at radius 2 is 1.08 bits per heavy atom. The van der Waals surface area contributed by atoms with Crippen molar-refractivity contribution in [2.45, 2.75) is 19.6 Å². The monoisotopic (exact) mass is 359 g/mol. The van der Waals surface area contributed by atoms with Gasteiger partial charge in [-0.25, -0.2) is 0 Å². The average molecular weight is 360 g/mol. The van der Waals surface area contributed by atoms with Crippen LogP contribution in [-0.4, -0.2) is 67.2 Å². The van der Waals surface area contributed by atoms with Crippen molar-refractivity contribution in [2.24, 2.45) is 0 Å². The molecule has 5 heteroatoms. The van der Waals surface area contributed by atoms with Crippen LogP contribution in [0.4, 0.5) is 0 Å². The largest absolute Gasteiger partial charge is 0.508 e. The molecule has 0 aliphatic rings. The zero-order valence-electron chi connectivity index (χ0n) is 16.9. The number of rotatable bonds is 6. The fraction of sp³-hybridized carbons (Fsp3) is 0.429. The van der Waals surface area contributed by atoms with Crippen molar-refractivity contribution in [3.63, 3.8) is 0 Å². The van der Waals surface area contributed by atoms with Crippen molar-refractivity contribution >= 4 is 0 Å². The van der Waals surface area contributed by atoms with E-state index in [1.54, 1.807) is 24.3 Å². The number of aromatic hydroxyl groups is 2. The predicted octanol–water partition coefficient (Wildman–Crippen LogP) is 2.97. The molecule has 0 unspecified atom stereocenters. The lowest BCUT2D eigenvalue weighted by Gasteiger charge is -2.19. The van der Waals surface area contributed by atoms with Crippen LogP contribution in [0.2, 0.25) is 0 Å². The number of hydrogen-bond donors (Lipinski definition) is 2. The van der Waals surface area contributed by atoms with E-state index in [4.69, 9.17) is 5.11 Å². The molecule has 2 rings (SSSR count). The summed E-state index contributed by atoms with van der Waals surface area (Å²) < 4.78 is 0. The summed E-state index contributed by atoms with van der Waals surface area (Å²) in [4.78, 5) is 6.30. The summed E-state index contributed by atoms with van der Waals surface area (Å²) in [6, 6.07) is 12.9. The minimum atomic E-state index is 0.322. The summed E-state index contributed by atoms with van der Waals surface area (Å²) in [7, 11) is 12.2. The predicted molar refractivity (Wildman–Crippen MR) is 108 cm³/mol. The van der Waals surface area contributed by atoms with Crippen molar-refractivity contribution in [2.75, 3.05) is 42.3 Å². The van der Waals surface area contributed by atoms with Crippen molar-refractivity contribution in [1.82, 2.24) is 14.7 Å². The van der Waals surface area contributed by atoms with E-state index < -0.39 is 0 Å².